The van der Waals surface area contributed by atoms with Gasteiger partial charge in [-0.25, -0.2) is 0 Å². The number of esters is 1. The van der Waals surface area contributed by atoms with Crippen molar-refractivity contribution in [3.8, 4) is 0 Å². The predicted octanol–water partition coefficient (Wildman–Crippen LogP) is 2.64. The fourth-order valence-corrected chi connectivity index (χ4v) is 1.92. The summed E-state index contributed by atoms with van der Waals surface area (Å²) in [5, 5.41) is 11.3. The Balaban J connectivity index is 2.67. The van der Waals surface area contributed by atoms with Crippen molar-refractivity contribution in [1.82, 2.24) is 0 Å². The molecule has 0 saturated heterocycles. The van der Waals surface area contributed by atoms with Crippen molar-refractivity contribution >= 4 is 23.5 Å². The van der Waals surface area contributed by atoms with E-state index in [9.17, 15) is 14.7 Å². The number of hydrogen-bond donors (Lipinski definition) is 0. The van der Waals surface area contributed by atoms with Crippen molar-refractivity contribution in [2.24, 2.45) is 0 Å². The quantitative estimate of drug-likeness (QED) is 0.546. The van der Waals surface area contributed by atoms with E-state index < -0.39 is 12.1 Å². The second-order valence-corrected chi connectivity index (χ2v) is 5.00. The molecule has 0 radical (unpaired) electrons. The largest absolute Gasteiger partial charge is 0.550 e. The van der Waals surface area contributed by atoms with Crippen LogP contribution in [0.1, 0.15) is 50.7 Å². The van der Waals surface area contributed by atoms with E-state index in [1.165, 1.54) is 0 Å². The van der Waals surface area contributed by atoms with Crippen LogP contribution in [0.5, 0.6) is 0 Å². The number of benzene rings is 1. The van der Waals surface area contributed by atoms with Gasteiger partial charge in [0.05, 0.1) is 0 Å². The molecule has 20 heavy (non-hydrogen) atoms. The van der Waals surface area contributed by atoms with Crippen LogP contribution in [0.3, 0.4) is 0 Å². The first-order chi connectivity index (χ1) is 9.52. The van der Waals surface area contributed by atoms with Crippen LogP contribution >= 0.6 is 11.6 Å². The third kappa shape index (κ3) is 6.06. The Morgan fingerprint density at radius 1 is 1.25 bits per heavy atom. The van der Waals surface area contributed by atoms with Gasteiger partial charge in [0, 0.05) is 23.8 Å². The molecular weight excluding hydrogens is 280 g/mol. The maximum absolute atomic E-state index is 11.7. The number of carbonyl (C=O) groups excluding carboxylic acids is 2. The summed E-state index contributed by atoms with van der Waals surface area (Å²) in [5.41, 5.74) is 0.599. The van der Waals surface area contributed by atoms with Crippen LogP contribution < -0.4 is 5.11 Å². The van der Waals surface area contributed by atoms with E-state index in [1.807, 2.05) is 6.92 Å². The maximum Gasteiger partial charge on any atom is 0.306 e. The summed E-state index contributed by atoms with van der Waals surface area (Å²) in [6.45, 7) is 2.04. The Morgan fingerprint density at radius 3 is 2.45 bits per heavy atom. The second-order valence-electron chi connectivity index (χ2n) is 4.56. The van der Waals surface area contributed by atoms with Gasteiger partial charge >= 0.3 is 5.97 Å². The van der Waals surface area contributed by atoms with Crippen molar-refractivity contribution < 1.29 is 19.4 Å². The number of carboxylic acids is 1. The van der Waals surface area contributed by atoms with Gasteiger partial charge < -0.3 is 14.6 Å². The molecule has 0 aromatic heterocycles. The Labute approximate surface area is 123 Å². The number of carboxylic acid groups (broad SMARTS) is 1. The van der Waals surface area contributed by atoms with Crippen molar-refractivity contribution in [3.63, 3.8) is 0 Å². The lowest BCUT2D eigenvalue weighted by Crippen LogP contribution is -2.26. The molecule has 0 aliphatic carbocycles. The van der Waals surface area contributed by atoms with Gasteiger partial charge in [0.2, 0.25) is 0 Å². The van der Waals surface area contributed by atoms with E-state index in [1.54, 1.807) is 24.3 Å². The molecule has 4 nitrogen and oxygen atoms in total. The van der Waals surface area contributed by atoms with E-state index in [2.05, 4.69) is 0 Å². The van der Waals surface area contributed by atoms with Gasteiger partial charge in [-0.05, 0) is 24.1 Å². The van der Waals surface area contributed by atoms with Crippen LogP contribution in [-0.2, 0) is 14.3 Å². The fourth-order valence-electron chi connectivity index (χ4n) is 1.79. The van der Waals surface area contributed by atoms with Crippen molar-refractivity contribution in [2.75, 3.05) is 0 Å². The molecule has 0 N–H and O–H groups in total. The molecule has 1 aromatic rings. The zero-order valence-electron chi connectivity index (χ0n) is 11.4. The van der Waals surface area contributed by atoms with Crippen LogP contribution in [0.4, 0.5) is 0 Å². The molecular formula is C15H18ClO4-. The van der Waals surface area contributed by atoms with Crippen molar-refractivity contribution in [1.29, 1.82) is 0 Å². The molecule has 0 heterocycles. The Hall–Kier alpha value is -1.55. The topological polar surface area (TPSA) is 66.4 Å². The lowest BCUT2D eigenvalue weighted by Gasteiger charge is -2.19. The summed E-state index contributed by atoms with van der Waals surface area (Å²) in [6.07, 6.45) is 1.81. The van der Waals surface area contributed by atoms with Crippen LogP contribution in [0, 0.1) is 0 Å². The minimum atomic E-state index is -1.26. The number of halogens is 1. The SMILES string of the molecule is CCCCCC(=O)OC(CC(=O)[O-])c1ccc(Cl)cc1. The molecule has 5 heteroatoms. The van der Waals surface area contributed by atoms with Gasteiger partial charge in [-0.2, -0.15) is 0 Å². The number of hydrogen-bond acceptors (Lipinski definition) is 4. The third-order valence-corrected chi connectivity index (χ3v) is 3.10. The van der Waals surface area contributed by atoms with E-state index in [0.717, 1.165) is 19.3 Å². The lowest BCUT2D eigenvalue weighted by molar-refractivity contribution is -0.307. The standard InChI is InChI=1S/C15H19ClO4/c1-2-3-4-5-15(19)20-13(10-14(17)18)11-6-8-12(16)9-7-11/h6-9,13H,2-5,10H2,1H3,(H,17,18)/p-1. The van der Waals surface area contributed by atoms with E-state index in [4.69, 9.17) is 16.3 Å². The van der Waals surface area contributed by atoms with Crippen LogP contribution in [0.25, 0.3) is 0 Å². The number of carbonyl (C=O) groups is 2. The highest BCUT2D eigenvalue weighted by molar-refractivity contribution is 6.30. The summed E-state index contributed by atoms with van der Waals surface area (Å²) in [5.74, 6) is -1.65. The van der Waals surface area contributed by atoms with E-state index >= 15 is 0 Å². The van der Waals surface area contributed by atoms with Crippen LogP contribution in [0.15, 0.2) is 24.3 Å². The number of aliphatic carboxylic acids is 1. The first kappa shape index (κ1) is 16.5. The highest BCUT2D eigenvalue weighted by Gasteiger charge is 2.17. The van der Waals surface area contributed by atoms with Crippen LogP contribution in [-0.4, -0.2) is 11.9 Å². The Morgan fingerprint density at radius 2 is 1.90 bits per heavy atom. The maximum atomic E-state index is 11.7. The van der Waals surface area contributed by atoms with Gasteiger partial charge in [0.15, 0.2) is 0 Å². The van der Waals surface area contributed by atoms with Gasteiger partial charge in [-0.3, -0.25) is 4.79 Å². The molecule has 1 unspecified atom stereocenters. The van der Waals surface area contributed by atoms with Gasteiger partial charge in [-0.1, -0.05) is 43.5 Å². The Kier molecular flexibility index (Phi) is 7.09. The molecule has 1 atom stereocenters. The smallest absolute Gasteiger partial charge is 0.306 e. The number of unbranched alkanes of at least 4 members (excludes halogenated alkanes) is 2. The summed E-state index contributed by atoms with van der Waals surface area (Å²) in [4.78, 5) is 22.5. The zero-order chi connectivity index (χ0) is 15.0. The minimum Gasteiger partial charge on any atom is -0.550 e. The van der Waals surface area contributed by atoms with Gasteiger partial charge in [-0.15, -0.1) is 0 Å². The number of rotatable bonds is 8. The highest BCUT2D eigenvalue weighted by Crippen LogP contribution is 2.23. The monoisotopic (exact) mass is 297 g/mol. The van der Waals surface area contributed by atoms with Gasteiger partial charge in [0.25, 0.3) is 0 Å². The molecule has 110 valence electrons. The first-order valence-electron chi connectivity index (χ1n) is 6.67. The normalized spacial score (nSPS) is 11.9. The highest BCUT2D eigenvalue weighted by atomic mass is 35.5. The summed E-state index contributed by atoms with van der Waals surface area (Å²) in [6, 6.07) is 6.55. The molecule has 0 aliphatic rings. The fraction of sp³-hybridized carbons (Fsp3) is 0.467. The van der Waals surface area contributed by atoms with Crippen molar-refractivity contribution in [3.05, 3.63) is 34.9 Å². The second kappa shape index (κ2) is 8.59. The zero-order valence-corrected chi connectivity index (χ0v) is 12.2. The van der Waals surface area contributed by atoms with Crippen molar-refractivity contribution in [2.45, 2.75) is 45.1 Å². The molecule has 0 amide bonds. The summed E-state index contributed by atoms with van der Waals surface area (Å²) >= 11 is 5.78. The predicted molar refractivity (Wildman–Crippen MR) is 74.1 cm³/mol. The first-order valence-corrected chi connectivity index (χ1v) is 7.05. The average Bonchev–Trinajstić information content (AvgIpc) is 2.38. The molecule has 0 spiro atoms. The molecule has 1 aromatic carbocycles. The van der Waals surface area contributed by atoms with E-state index in [-0.39, 0.29) is 12.4 Å². The number of ether oxygens (including phenoxy) is 1. The lowest BCUT2D eigenvalue weighted by atomic mass is 10.1. The average molecular weight is 298 g/mol. The Bertz CT molecular complexity index is 442. The minimum absolute atomic E-state index is 0.297. The van der Waals surface area contributed by atoms with E-state index in [0.29, 0.717) is 17.0 Å². The molecule has 1 rings (SSSR count). The van der Waals surface area contributed by atoms with Crippen LogP contribution in [0.2, 0.25) is 5.02 Å². The summed E-state index contributed by atoms with van der Waals surface area (Å²) in [7, 11) is 0. The molecule has 0 saturated carbocycles. The summed E-state index contributed by atoms with van der Waals surface area (Å²) < 4.78 is 5.23. The van der Waals surface area contributed by atoms with Gasteiger partial charge in [0.1, 0.15) is 6.10 Å². The molecule has 0 bridgehead atoms. The third-order valence-electron chi connectivity index (χ3n) is 2.85. The molecule has 0 aliphatic heterocycles. The molecule has 0 fully saturated rings.